The molecule has 0 saturated carbocycles. The fourth-order valence-electron chi connectivity index (χ4n) is 3.84. The summed E-state index contributed by atoms with van der Waals surface area (Å²) in [6.07, 6.45) is -5.07. The van der Waals surface area contributed by atoms with Crippen molar-refractivity contribution in [3.63, 3.8) is 0 Å². The molecule has 2 aromatic carbocycles. The predicted octanol–water partition coefficient (Wildman–Crippen LogP) is 0.465. The Bertz CT molecular complexity index is 1120. The highest BCUT2D eigenvalue weighted by Crippen LogP contribution is 2.22. The number of alkyl halides is 1. The van der Waals surface area contributed by atoms with E-state index in [1.807, 2.05) is 30.3 Å². The maximum Gasteiger partial charge on any atom is 0.366 e. The van der Waals surface area contributed by atoms with Crippen molar-refractivity contribution in [2.45, 2.75) is 43.0 Å². The number of ether oxygens (including phenoxy) is 2. The van der Waals surface area contributed by atoms with Gasteiger partial charge in [-0.2, -0.15) is 0 Å². The molecule has 0 aromatic heterocycles. The smallest absolute Gasteiger partial charge is 0.366 e. The Balaban J connectivity index is 2.02. The third-order valence-electron chi connectivity index (χ3n) is 6.03. The largest absolute Gasteiger partial charge is 0.465 e. The van der Waals surface area contributed by atoms with Crippen molar-refractivity contribution in [2.24, 2.45) is 0 Å². The number of nitrogens with one attached hydrogen (secondary N) is 2. The molecule has 0 aliphatic rings. The van der Waals surface area contributed by atoms with Gasteiger partial charge in [-0.05, 0) is 29.7 Å². The third kappa shape index (κ3) is 9.50. The fraction of sp³-hybridized carbons (Fsp3) is 0.393. The zero-order valence-electron chi connectivity index (χ0n) is 22.0. The van der Waals surface area contributed by atoms with E-state index in [2.05, 4.69) is 21.9 Å². The van der Waals surface area contributed by atoms with E-state index in [9.17, 15) is 39.2 Å². The number of rotatable bonds is 16. The van der Waals surface area contributed by atoms with Crippen LogP contribution in [-0.2, 0) is 19.1 Å². The first-order valence-electron chi connectivity index (χ1n) is 12.4. The average Bonchev–Trinajstić information content (AvgIpc) is 2.97. The van der Waals surface area contributed by atoms with E-state index in [1.54, 1.807) is 24.3 Å². The van der Waals surface area contributed by atoms with Crippen molar-refractivity contribution in [3.05, 3.63) is 72.8 Å². The van der Waals surface area contributed by atoms with Gasteiger partial charge in [-0.1, -0.05) is 48.5 Å². The lowest BCUT2D eigenvalue weighted by Crippen LogP contribution is -2.53. The van der Waals surface area contributed by atoms with E-state index in [4.69, 9.17) is 4.74 Å². The molecule has 0 heterocycles. The maximum absolute atomic E-state index is 12.9. The summed E-state index contributed by atoms with van der Waals surface area (Å²) in [6, 6.07) is 14.9. The van der Waals surface area contributed by atoms with Gasteiger partial charge in [-0.15, -0.1) is 6.58 Å². The molecule has 0 spiro atoms. The molecular formula is C28H35FN2O9. The predicted molar refractivity (Wildman–Crippen MR) is 142 cm³/mol. The molecule has 11 nitrogen and oxygen atoms in total. The second-order valence-corrected chi connectivity index (χ2v) is 8.98. The minimum Gasteiger partial charge on any atom is -0.465 e. The summed E-state index contributed by atoms with van der Waals surface area (Å²) in [5.41, 5.74) is 2.19. The van der Waals surface area contributed by atoms with Gasteiger partial charge in [0.1, 0.15) is 0 Å². The molecular weight excluding hydrogens is 527 g/mol. The molecule has 5 atom stereocenters. The monoisotopic (exact) mass is 562 g/mol. The number of carbonyl (C=O) groups is 3. The van der Waals surface area contributed by atoms with Gasteiger partial charge >= 0.3 is 5.97 Å². The Hall–Kier alpha value is -3.68. The van der Waals surface area contributed by atoms with E-state index >= 15 is 0 Å². The minimum atomic E-state index is -2.64. The van der Waals surface area contributed by atoms with Crippen LogP contribution in [0.5, 0.6) is 0 Å². The van der Waals surface area contributed by atoms with Gasteiger partial charge in [0.15, 0.2) is 6.67 Å². The van der Waals surface area contributed by atoms with Crippen molar-refractivity contribution in [1.29, 1.82) is 0 Å². The standard InChI is InChI=1S/C28H35FN2O9/c1-3-13-40-28(38,27(37)39-2)15-23(33)21(31-25(35)16-29)14-22(32)24(34)17-30-26(36)20-11-9-19(10-12-20)18-7-5-4-6-8-18/h3-12,21-24,32-34,38H,1,13-17H2,2H3,(H,30,36)(H,31,35)/t21?,22-,23?,24?,28?/m1/s1. The molecule has 0 saturated heterocycles. The first-order chi connectivity index (χ1) is 19.0. The van der Waals surface area contributed by atoms with Crippen molar-refractivity contribution < 1.29 is 48.7 Å². The van der Waals surface area contributed by atoms with E-state index in [1.165, 1.54) is 6.08 Å². The molecule has 2 rings (SSSR count). The first-order valence-corrected chi connectivity index (χ1v) is 12.4. The third-order valence-corrected chi connectivity index (χ3v) is 6.03. The summed E-state index contributed by atoms with van der Waals surface area (Å²) in [6.45, 7) is 1.26. The normalized spacial score (nSPS) is 15.6. The van der Waals surface area contributed by atoms with Crippen LogP contribution < -0.4 is 10.6 Å². The summed E-state index contributed by atoms with van der Waals surface area (Å²) >= 11 is 0. The number of aliphatic hydroxyl groups is 4. The van der Waals surface area contributed by atoms with Gasteiger partial charge in [0, 0.05) is 18.5 Å². The zero-order valence-corrected chi connectivity index (χ0v) is 22.0. The van der Waals surface area contributed by atoms with Crippen LogP contribution in [0.3, 0.4) is 0 Å². The number of esters is 1. The number of aliphatic hydroxyl groups excluding tert-OH is 3. The molecule has 2 amide bonds. The number of methoxy groups -OCH3 is 1. The highest BCUT2D eigenvalue weighted by molar-refractivity contribution is 5.94. The van der Waals surface area contributed by atoms with Gasteiger partial charge in [0.2, 0.25) is 0 Å². The Kier molecular flexibility index (Phi) is 12.8. The first kappa shape index (κ1) is 32.5. The minimum absolute atomic E-state index is 0.296. The average molecular weight is 563 g/mol. The van der Waals surface area contributed by atoms with E-state index < -0.39 is 74.0 Å². The number of halogens is 1. The fourth-order valence-corrected chi connectivity index (χ4v) is 3.84. The molecule has 0 bridgehead atoms. The molecule has 12 heteroatoms. The van der Waals surface area contributed by atoms with Crippen LogP contribution >= 0.6 is 0 Å². The number of amides is 2. The lowest BCUT2D eigenvalue weighted by atomic mass is 9.95. The Labute approximate surface area is 231 Å². The highest BCUT2D eigenvalue weighted by Gasteiger charge is 2.43. The molecule has 4 unspecified atom stereocenters. The number of hydrogen-bond donors (Lipinski definition) is 6. The summed E-state index contributed by atoms with van der Waals surface area (Å²) in [5.74, 6) is -5.55. The van der Waals surface area contributed by atoms with Gasteiger partial charge in [0.05, 0.1) is 38.1 Å². The van der Waals surface area contributed by atoms with E-state index in [0.717, 1.165) is 18.2 Å². The lowest BCUT2D eigenvalue weighted by Gasteiger charge is -2.32. The van der Waals surface area contributed by atoms with Crippen LogP contribution in [0.25, 0.3) is 11.1 Å². The van der Waals surface area contributed by atoms with Crippen molar-refractivity contribution >= 4 is 17.8 Å². The quantitative estimate of drug-likeness (QED) is 0.0965. The van der Waals surface area contributed by atoms with Crippen molar-refractivity contribution in [3.8, 4) is 11.1 Å². The van der Waals surface area contributed by atoms with Crippen LogP contribution in [0, 0.1) is 0 Å². The molecule has 2 aromatic rings. The molecule has 218 valence electrons. The molecule has 0 radical (unpaired) electrons. The summed E-state index contributed by atoms with van der Waals surface area (Å²) in [7, 11) is 0.978. The van der Waals surface area contributed by atoms with Crippen molar-refractivity contribution in [1.82, 2.24) is 10.6 Å². The second kappa shape index (κ2) is 15.8. The number of carbonyl (C=O) groups excluding carboxylic acids is 3. The SMILES string of the molecule is C=CCOC(O)(CC(O)C(C[C@@H](O)C(O)CNC(=O)c1ccc(-c2ccccc2)cc1)NC(=O)CF)C(=O)OC. The van der Waals surface area contributed by atoms with Crippen LogP contribution in [0.4, 0.5) is 4.39 Å². The Morgan fingerprint density at radius 1 is 1.00 bits per heavy atom. The Morgan fingerprint density at radius 3 is 2.20 bits per heavy atom. The van der Waals surface area contributed by atoms with E-state index in [0.29, 0.717) is 5.56 Å². The molecule has 0 aliphatic heterocycles. The topological polar surface area (TPSA) is 175 Å². The van der Waals surface area contributed by atoms with Gasteiger partial charge in [-0.3, -0.25) is 9.59 Å². The van der Waals surface area contributed by atoms with Crippen LogP contribution in [0.2, 0.25) is 0 Å². The molecule has 0 fully saturated rings. The highest BCUT2D eigenvalue weighted by atomic mass is 19.1. The lowest BCUT2D eigenvalue weighted by molar-refractivity contribution is -0.232. The maximum atomic E-state index is 12.9. The van der Waals surface area contributed by atoms with Crippen LogP contribution in [-0.4, -0.2) is 95.3 Å². The number of benzene rings is 2. The van der Waals surface area contributed by atoms with E-state index in [-0.39, 0.29) is 6.61 Å². The summed E-state index contributed by atoms with van der Waals surface area (Å²) < 4.78 is 22.4. The zero-order chi connectivity index (χ0) is 29.7. The summed E-state index contributed by atoms with van der Waals surface area (Å²) in [5, 5.41) is 46.8. The summed E-state index contributed by atoms with van der Waals surface area (Å²) in [4.78, 5) is 36.3. The van der Waals surface area contributed by atoms with Gasteiger partial charge in [-0.25, -0.2) is 9.18 Å². The molecule has 0 aliphatic carbocycles. The van der Waals surface area contributed by atoms with Crippen LogP contribution in [0.15, 0.2) is 67.3 Å². The number of hydrogen-bond acceptors (Lipinski definition) is 9. The van der Waals surface area contributed by atoms with Gasteiger partial charge in [0.25, 0.3) is 17.6 Å². The molecule has 6 N–H and O–H groups in total. The second-order valence-electron chi connectivity index (χ2n) is 8.98. The molecule has 40 heavy (non-hydrogen) atoms. The van der Waals surface area contributed by atoms with Crippen molar-refractivity contribution in [2.75, 3.05) is 26.9 Å². The van der Waals surface area contributed by atoms with Crippen LogP contribution in [0.1, 0.15) is 23.2 Å². The Morgan fingerprint density at radius 2 is 1.62 bits per heavy atom. The van der Waals surface area contributed by atoms with Gasteiger partial charge < -0.3 is 40.5 Å².